The summed E-state index contributed by atoms with van der Waals surface area (Å²) in [6, 6.07) is 3.92. The summed E-state index contributed by atoms with van der Waals surface area (Å²) in [5, 5.41) is 27.0. The summed E-state index contributed by atoms with van der Waals surface area (Å²) in [7, 11) is 0. The molecule has 1 heterocycles. The van der Waals surface area contributed by atoms with Crippen molar-refractivity contribution in [3.8, 4) is 0 Å². The quantitative estimate of drug-likeness (QED) is 0.276. The maximum atomic E-state index is 13.7. The van der Waals surface area contributed by atoms with Crippen LogP contribution in [0.4, 0.5) is 20.4 Å². The highest BCUT2D eigenvalue weighted by Crippen LogP contribution is 2.44. The highest BCUT2D eigenvalue weighted by molar-refractivity contribution is 7.99. The number of nitrogens with one attached hydrogen (secondary N) is 2. The number of thioether (sulfide) groups is 1. The number of hydrogen-bond donors (Lipinski definition) is 4. The second-order valence-corrected chi connectivity index (χ2v) is 10.0. The number of halogens is 2. The summed E-state index contributed by atoms with van der Waals surface area (Å²) in [5.41, 5.74) is 1.61. The molecule has 2 aliphatic carbocycles. The van der Waals surface area contributed by atoms with E-state index in [0.717, 1.165) is 29.7 Å². The molecule has 1 aromatic heterocycles. The van der Waals surface area contributed by atoms with Crippen molar-refractivity contribution in [3.63, 3.8) is 0 Å². The van der Waals surface area contributed by atoms with Crippen LogP contribution in [0.1, 0.15) is 49.7 Å². The number of hydrogen-bond acceptors (Lipinski definition) is 8. The number of rotatable bonds is 11. The maximum Gasteiger partial charge on any atom is 0.191 e. The van der Waals surface area contributed by atoms with Crippen molar-refractivity contribution in [1.82, 2.24) is 9.97 Å². The number of benzene rings is 1. The average Bonchev–Trinajstić information content (AvgIpc) is 3.50. The lowest BCUT2D eigenvalue weighted by atomic mass is 10.1. The zero-order valence-electron chi connectivity index (χ0n) is 19.4. The second-order valence-electron chi connectivity index (χ2n) is 8.95. The Bertz CT molecular complexity index is 999. The Kier molecular flexibility index (Phi) is 8.23. The molecule has 2 aromatic rings. The van der Waals surface area contributed by atoms with Crippen molar-refractivity contribution in [2.45, 2.75) is 74.9 Å². The molecule has 0 bridgehead atoms. The largest absolute Gasteiger partial charge is 0.394 e. The van der Waals surface area contributed by atoms with Crippen LogP contribution in [0.2, 0.25) is 0 Å². The van der Waals surface area contributed by atoms with E-state index in [4.69, 9.17) is 19.8 Å². The highest BCUT2D eigenvalue weighted by atomic mass is 32.2. The Morgan fingerprint density at radius 2 is 1.82 bits per heavy atom. The minimum atomic E-state index is -0.841. The normalized spacial score (nSPS) is 26.0. The third-order valence-electron chi connectivity index (χ3n) is 6.30. The first kappa shape index (κ1) is 25.1. The number of nitrogens with zero attached hydrogens (tertiary/aromatic N) is 2. The van der Waals surface area contributed by atoms with E-state index in [1.807, 2.05) is 6.92 Å². The van der Waals surface area contributed by atoms with Gasteiger partial charge in [-0.2, -0.15) is 0 Å². The SMILES string of the molecule is CCCSc1nc(N[C@@H]2C[C@H](OCCO)C[C@H]2O)c(C)c(N[C@@H]2C[C@H]2c2ccc(F)c(F)c2)n1. The highest BCUT2D eigenvalue weighted by Gasteiger charge is 2.40. The Labute approximate surface area is 202 Å². The topological polar surface area (TPSA) is 99.5 Å². The molecule has 34 heavy (non-hydrogen) atoms. The summed E-state index contributed by atoms with van der Waals surface area (Å²) in [4.78, 5) is 9.41. The molecule has 186 valence electrons. The van der Waals surface area contributed by atoms with E-state index in [1.165, 1.54) is 12.1 Å². The summed E-state index contributed by atoms with van der Waals surface area (Å²) in [6.45, 7) is 4.23. The van der Waals surface area contributed by atoms with Crippen molar-refractivity contribution in [2.75, 3.05) is 29.6 Å². The Balaban J connectivity index is 1.49. The van der Waals surface area contributed by atoms with Gasteiger partial charge in [0, 0.05) is 29.7 Å². The van der Waals surface area contributed by atoms with Crippen LogP contribution < -0.4 is 10.6 Å². The Hall–Kier alpha value is -2.01. The van der Waals surface area contributed by atoms with Crippen molar-refractivity contribution in [3.05, 3.63) is 41.0 Å². The van der Waals surface area contributed by atoms with Gasteiger partial charge < -0.3 is 25.6 Å². The van der Waals surface area contributed by atoms with Gasteiger partial charge >= 0.3 is 0 Å². The molecule has 7 nitrogen and oxygen atoms in total. The minimum absolute atomic E-state index is 0.0462. The lowest BCUT2D eigenvalue weighted by Gasteiger charge is -2.20. The van der Waals surface area contributed by atoms with E-state index >= 15 is 0 Å². The predicted octanol–water partition coefficient (Wildman–Crippen LogP) is 3.85. The van der Waals surface area contributed by atoms with Crippen LogP contribution in [0.5, 0.6) is 0 Å². The number of aliphatic hydroxyl groups is 2. The van der Waals surface area contributed by atoms with Crippen LogP contribution in [0.3, 0.4) is 0 Å². The van der Waals surface area contributed by atoms with Crippen molar-refractivity contribution in [2.24, 2.45) is 0 Å². The molecule has 2 fully saturated rings. The first-order chi connectivity index (χ1) is 16.4. The molecule has 0 amide bonds. The van der Waals surface area contributed by atoms with E-state index in [1.54, 1.807) is 17.8 Å². The summed E-state index contributed by atoms with van der Waals surface area (Å²) >= 11 is 1.57. The van der Waals surface area contributed by atoms with Crippen molar-refractivity contribution < 1.29 is 23.7 Å². The van der Waals surface area contributed by atoms with Crippen LogP contribution in [0, 0.1) is 18.6 Å². The zero-order valence-corrected chi connectivity index (χ0v) is 20.2. The molecule has 5 atom stereocenters. The zero-order chi connectivity index (χ0) is 24.2. The molecule has 1 aromatic carbocycles. The fraction of sp³-hybridized carbons (Fsp3) is 0.583. The summed E-state index contributed by atoms with van der Waals surface area (Å²) in [6.07, 6.45) is 2.21. The van der Waals surface area contributed by atoms with Gasteiger partial charge in [-0.15, -0.1) is 0 Å². The van der Waals surface area contributed by atoms with Gasteiger partial charge in [0.1, 0.15) is 11.6 Å². The van der Waals surface area contributed by atoms with Gasteiger partial charge in [0.2, 0.25) is 0 Å². The van der Waals surface area contributed by atoms with E-state index in [2.05, 4.69) is 17.6 Å². The molecular formula is C24H32F2N4O3S. The third-order valence-corrected chi connectivity index (χ3v) is 7.35. The molecule has 0 unspecified atom stereocenters. The van der Waals surface area contributed by atoms with Crippen LogP contribution in [-0.2, 0) is 4.74 Å². The predicted molar refractivity (Wildman–Crippen MR) is 128 cm³/mol. The molecule has 2 saturated carbocycles. The van der Waals surface area contributed by atoms with Crippen molar-refractivity contribution >= 4 is 23.4 Å². The number of anilines is 2. The molecule has 4 N–H and O–H groups in total. The van der Waals surface area contributed by atoms with E-state index in [0.29, 0.717) is 29.6 Å². The summed E-state index contributed by atoms with van der Waals surface area (Å²) in [5.74, 6) is 0.661. The van der Waals surface area contributed by atoms with Gasteiger partial charge in [-0.05, 0) is 43.9 Å². The third kappa shape index (κ3) is 5.97. The fourth-order valence-electron chi connectivity index (χ4n) is 4.33. The lowest BCUT2D eigenvalue weighted by molar-refractivity contribution is 0.0252. The molecule has 2 aliphatic rings. The van der Waals surface area contributed by atoms with Gasteiger partial charge in [0.15, 0.2) is 16.8 Å². The standard InChI is InChI=1S/C24H32F2N4O3S/c1-3-8-34-24-29-22(27-19-12-16(19)14-4-5-17(25)18(26)9-14)13(2)23(30-24)28-20-10-15(11-21(20)32)33-7-6-31/h4-5,9,15-16,19-21,31-32H,3,6-8,10-12H2,1-2H3,(H2,27,28,29,30)/t15-,16-,19+,20+,21+/m0/s1. The van der Waals surface area contributed by atoms with Gasteiger partial charge in [0.05, 0.1) is 31.5 Å². The number of aliphatic hydroxyl groups excluding tert-OH is 2. The maximum absolute atomic E-state index is 13.7. The van der Waals surface area contributed by atoms with Gasteiger partial charge in [-0.1, -0.05) is 24.8 Å². The number of ether oxygens (including phenoxy) is 1. The molecule has 0 radical (unpaired) electrons. The monoisotopic (exact) mass is 494 g/mol. The first-order valence-corrected chi connectivity index (χ1v) is 12.8. The van der Waals surface area contributed by atoms with Crippen LogP contribution in [-0.4, -0.2) is 63.4 Å². The Morgan fingerprint density at radius 3 is 2.50 bits per heavy atom. The second kappa shape index (κ2) is 11.2. The fourth-order valence-corrected chi connectivity index (χ4v) is 5.03. The van der Waals surface area contributed by atoms with Gasteiger partial charge in [-0.3, -0.25) is 0 Å². The molecular weight excluding hydrogens is 462 g/mol. The molecule has 0 aliphatic heterocycles. The van der Waals surface area contributed by atoms with E-state index in [-0.39, 0.29) is 37.3 Å². The van der Waals surface area contributed by atoms with Crippen molar-refractivity contribution in [1.29, 1.82) is 0 Å². The first-order valence-electron chi connectivity index (χ1n) is 11.8. The summed E-state index contributed by atoms with van der Waals surface area (Å²) < 4.78 is 32.6. The van der Waals surface area contributed by atoms with Crippen LogP contribution in [0.25, 0.3) is 0 Å². The minimum Gasteiger partial charge on any atom is -0.394 e. The lowest BCUT2D eigenvalue weighted by Crippen LogP contribution is -2.29. The van der Waals surface area contributed by atoms with Gasteiger partial charge in [0.25, 0.3) is 0 Å². The van der Waals surface area contributed by atoms with Crippen LogP contribution in [0.15, 0.2) is 23.4 Å². The average molecular weight is 495 g/mol. The van der Waals surface area contributed by atoms with E-state index < -0.39 is 17.7 Å². The van der Waals surface area contributed by atoms with Crippen LogP contribution >= 0.6 is 11.8 Å². The molecule has 4 rings (SSSR count). The number of aromatic nitrogens is 2. The van der Waals surface area contributed by atoms with Gasteiger partial charge in [-0.25, -0.2) is 18.7 Å². The Morgan fingerprint density at radius 1 is 1.09 bits per heavy atom. The molecule has 10 heteroatoms. The molecule has 0 saturated heterocycles. The molecule has 0 spiro atoms. The smallest absolute Gasteiger partial charge is 0.191 e. The van der Waals surface area contributed by atoms with E-state index in [9.17, 15) is 13.9 Å².